The largest absolute Gasteiger partial charge is 0.411 e. The first-order valence-electron chi connectivity index (χ1n) is 12.9. The van der Waals surface area contributed by atoms with Gasteiger partial charge in [0.25, 0.3) is 5.56 Å². The van der Waals surface area contributed by atoms with Gasteiger partial charge in [0, 0.05) is 28.8 Å². The standard InChI is InChI=1S/C19H16BrClN6OS.C4H5F3.2C2H6/c20-13-7-10(9-27(18(13)28)11-3-1-2-4-11)17-25-26-19(29-17)23-15-6-5-14-12(16(15)21)8-22-24-14;1-3(2)4(5,6)7;2*1-2/h5-9,11H,1-4H2,(H,22,24)(H,23,26);1H2,2H3;2*1-2H3. The molecule has 2 N–H and O–H groups in total. The van der Waals surface area contributed by atoms with Crippen molar-refractivity contribution in [3.05, 3.63) is 62.6 Å². The molecule has 0 aliphatic heterocycles. The number of nitrogens with zero attached hydrogens (tertiary/aromatic N) is 4. The molecule has 1 aromatic carbocycles. The van der Waals surface area contributed by atoms with Crippen molar-refractivity contribution in [1.82, 2.24) is 25.0 Å². The first kappa shape index (κ1) is 33.5. The van der Waals surface area contributed by atoms with Crippen molar-refractivity contribution in [3.8, 4) is 10.6 Å². The number of halogens is 5. The maximum absolute atomic E-state index is 12.6. The lowest BCUT2D eigenvalue weighted by Crippen LogP contribution is -2.23. The number of hydrogen-bond acceptors (Lipinski definition) is 6. The Morgan fingerprint density at radius 2 is 1.82 bits per heavy atom. The van der Waals surface area contributed by atoms with Gasteiger partial charge < -0.3 is 9.88 Å². The van der Waals surface area contributed by atoms with E-state index in [4.69, 9.17) is 11.6 Å². The zero-order chi connectivity index (χ0) is 30.0. The number of nitrogens with one attached hydrogen (secondary N) is 2. The highest BCUT2D eigenvalue weighted by Gasteiger charge is 2.27. The number of benzene rings is 1. The van der Waals surface area contributed by atoms with Crippen LogP contribution in [0, 0.1) is 0 Å². The van der Waals surface area contributed by atoms with Crippen LogP contribution >= 0.6 is 38.9 Å². The minimum Gasteiger partial charge on any atom is -0.329 e. The Hall–Kier alpha value is -2.70. The van der Waals surface area contributed by atoms with Crippen molar-refractivity contribution in [2.24, 2.45) is 0 Å². The molecule has 1 fully saturated rings. The number of alkyl halides is 3. The van der Waals surface area contributed by atoms with E-state index in [2.05, 4.69) is 48.2 Å². The molecule has 0 atom stereocenters. The van der Waals surface area contributed by atoms with Crippen LogP contribution in [0.1, 0.15) is 66.3 Å². The van der Waals surface area contributed by atoms with E-state index in [-0.39, 0.29) is 11.6 Å². The molecule has 3 aromatic heterocycles. The lowest BCUT2D eigenvalue weighted by Gasteiger charge is -2.14. The van der Waals surface area contributed by atoms with Crippen LogP contribution in [0.4, 0.5) is 24.0 Å². The van der Waals surface area contributed by atoms with Gasteiger partial charge in [-0.3, -0.25) is 9.89 Å². The monoisotopic (exact) mass is 660 g/mol. The van der Waals surface area contributed by atoms with E-state index in [1.54, 1.807) is 6.20 Å². The SMILES string of the molecule is C=C(C)C(F)(F)F.CC.CC.O=c1c(Br)cc(-c2nnc(Nc3ccc4[nH]ncc4c3Cl)s2)cn1C1CCCC1. The van der Waals surface area contributed by atoms with Crippen LogP contribution in [0.2, 0.25) is 5.02 Å². The molecule has 1 saturated carbocycles. The van der Waals surface area contributed by atoms with Crippen molar-refractivity contribution < 1.29 is 13.2 Å². The van der Waals surface area contributed by atoms with Crippen molar-refractivity contribution in [1.29, 1.82) is 0 Å². The zero-order valence-electron chi connectivity index (χ0n) is 23.0. The maximum Gasteiger partial charge on any atom is 0.411 e. The molecule has 40 heavy (non-hydrogen) atoms. The fraction of sp³-hybridized carbons (Fsp3) is 0.407. The summed E-state index contributed by atoms with van der Waals surface area (Å²) in [6, 6.07) is 5.85. The average Bonchev–Trinajstić information content (AvgIpc) is 3.72. The van der Waals surface area contributed by atoms with Crippen molar-refractivity contribution in [3.63, 3.8) is 0 Å². The summed E-state index contributed by atoms with van der Waals surface area (Å²) in [7, 11) is 0. The molecule has 3 heterocycles. The Kier molecular flexibility index (Phi) is 12.9. The molecule has 4 aromatic rings. The highest BCUT2D eigenvalue weighted by atomic mass is 79.9. The molecular weight excluding hydrogens is 629 g/mol. The summed E-state index contributed by atoms with van der Waals surface area (Å²) in [6.07, 6.45) is 3.79. The van der Waals surface area contributed by atoms with Gasteiger partial charge in [-0.25, -0.2) is 0 Å². The van der Waals surface area contributed by atoms with Crippen molar-refractivity contribution >= 4 is 60.6 Å². The number of rotatable bonds is 4. The Balaban J connectivity index is 0.000000442. The summed E-state index contributed by atoms with van der Waals surface area (Å²) in [5, 5.41) is 21.5. The van der Waals surface area contributed by atoms with Crippen molar-refractivity contribution in [2.45, 2.75) is 72.5 Å². The Bertz CT molecular complexity index is 1460. The summed E-state index contributed by atoms with van der Waals surface area (Å²) in [6.45, 7) is 11.6. The summed E-state index contributed by atoms with van der Waals surface area (Å²) < 4.78 is 35.6. The molecule has 0 spiro atoms. The second-order valence-corrected chi connectivity index (χ2v) is 10.5. The smallest absolute Gasteiger partial charge is 0.329 e. The number of fused-ring (bicyclic) bond motifs is 1. The van der Waals surface area contributed by atoms with Crippen LogP contribution in [-0.4, -0.2) is 31.1 Å². The third-order valence-electron chi connectivity index (χ3n) is 5.67. The minimum atomic E-state index is -4.19. The molecule has 0 bridgehead atoms. The molecule has 7 nitrogen and oxygen atoms in total. The number of allylic oxidation sites excluding steroid dienone is 1. The topological polar surface area (TPSA) is 88.5 Å². The average molecular weight is 662 g/mol. The molecule has 1 aliphatic carbocycles. The Morgan fingerprint density at radius 1 is 1.20 bits per heavy atom. The predicted molar refractivity (Wildman–Crippen MR) is 163 cm³/mol. The zero-order valence-corrected chi connectivity index (χ0v) is 26.2. The lowest BCUT2D eigenvalue weighted by atomic mass is 10.2. The second kappa shape index (κ2) is 15.3. The van der Waals surface area contributed by atoms with E-state index < -0.39 is 11.7 Å². The quantitative estimate of drug-likeness (QED) is 0.213. The van der Waals surface area contributed by atoms with Crippen molar-refractivity contribution in [2.75, 3.05) is 5.32 Å². The van der Waals surface area contributed by atoms with E-state index >= 15 is 0 Å². The minimum absolute atomic E-state index is 0.00344. The Labute approximate surface area is 249 Å². The molecule has 1 aliphatic rings. The third kappa shape index (κ3) is 8.40. The highest BCUT2D eigenvalue weighted by molar-refractivity contribution is 9.10. The molecule has 0 saturated heterocycles. The second-order valence-electron chi connectivity index (χ2n) is 8.30. The van der Waals surface area contributed by atoms with Gasteiger partial charge in [0.05, 0.1) is 26.9 Å². The van der Waals surface area contributed by atoms with Gasteiger partial charge in [-0.05, 0) is 53.9 Å². The normalized spacial score (nSPS) is 12.9. The van der Waals surface area contributed by atoms with Gasteiger partial charge in [-0.2, -0.15) is 18.3 Å². The first-order valence-corrected chi connectivity index (χ1v) is 14.9. The summed E-state index contributed by atoms with van der Waals surface area (Å²) >= 11 is 11.3. The van der Waals surface area contributed by atoms with E-state index in [9.17, 15) is 18.0 Å². The predicted octanol–water partition coefficient (Wildman–Crippen LogP) is 9.69. The van der Waals surface area contributed by atoms with Gasteiger partial charge >= 0.3 is 6.18 Å². The number of pyridine rings is 1. The van der Waals surface area contributed by atoms with E-state index in [0.29, 0.717) is 14.6 Å². The molecule has 0 amide bonds. The van der Waals surface area contributed by atoms with Gasteiger partial charge in [-0.1, -0.05) is 70.1 Å². The third-order valence-corrected chi connectivity index (χ3v) is 7.54. The number of anilines is 2. The van der Waals surface area contributed by atoms with Crippen LogP contribution in [0.15, 0.2) is 52.0 Å². The number of aromatic amines is 1. The molecular formula is C27H33BrClF3N6OS. The fourth-order valence-corrected chi connectivity index (χ4v) is 5.17. The van der Waals surface area contributed by atoms with Gasteiger partial charge in [0.15, 0.2) is 5.01 Å². The van der Waals surface area contributed by atoms with Crippen LogP contribution in [0.5, 0.6) is 0 Å². The summed E-state index contributed by atoms with van der Waals surface area (Å²) in [5.41, 5.74) is 1.72. The van der Waals surface area contributed by atoms with Gasteiger partial charge in [0.2, 0.25) is 5.13 Å². The first-order chi connectivity index (χ1) is 19.0. The van der Waals surface area contributed by atoms with Crippen LogP contribution < -0.4 is 10.9 Å². The highest BCUT2D eigenvalue weighted by Crippen LogP contribution is 2.35. The van der Waals surface area contributed by atoms with Crippen LogP contribution in [0.25, 0.3) is 21.5 Å². The number of H-pyrrole nitrogens is 1. The van der Waals surface area contributed by atoms with E-state index in [0.717, 1.165) is 59.8 Å². The lowest BCUT2D eigenvalue weighted by molar-refractivity contribution is -0.0909. The maximum atomic E-state index is 12.6. The van der Waals surface area contributed by atoms with E-state index in [1.165, 1.54) is 11.3 Å². The Morgan fingerprint density at radius 3 is 2.42 bits per heavy atom. The van der Waals surface area contributed by atoms with Gasteiger partial charge in [0.1, 0.15) is 0 Å². The fourth-order valence-electron chi connectivity index (χ4n) is 3.72. The molecule has 0 unspecified atom stereocenters. The molecule has 218 valence electrons. The molecule has 0 radical (unpaired) electrons. The van der Waals surface area contributed by atoms with Gasteiger partial charge in [-0.15, -0.1) is 10.2 Å². The summed E-state index contributed by atoms with van der Waals surface area (Å²) in [5.74, 6) is 0. The van der Waals surface area contributed by atoms with Crippen LogP contribution in [-0.2, 0) is 0 Å². The van der Waals surface area contributed by atoms with Crippen LogP contribution in [0.3, 0.4) is 0 Å². The molecule has 13 heteroatoms. The molecule has 5 rings (SSSR count). The number of aromatic nitrogens is 5. The summed E-state index contributed by atoms with van der Waals surface area (Å²) in [4.78, 5) is 12.6. The van der Waals surface area contributed by atoms with E-state index in [1.807, 2.05) is 56.7 Å². The number of hydrogen-bond donors (Lipinski definition) is 2.